The van der Waals surface area contributed by atoms with Gasteiger partial charge in [-0.1, -0.05) is 0 Å². The van der Waals surface area contributed by atoms with Crippen LogP contribution in [0.25, 0.3) is 5.88 Å². The molecule has 3 heterocycles. The van der Waals surface area contributed by atoms with Gasteiger partial charge >= 0.3 is 0 Å². The summed E-state index contributed by atoms with van der Waals surface area (Å²) >= 11 is 3.42. The van der Waals surface area contributed by atoms with Gasteiger partial charge in [0.2, 0.25) is 5.88 Å². The van der Waals surface area contributed by atoms with E-state index in [9.17, 15) is 10.1 Å². The number of rotatable bonds is 3. The van der Waals surface area contributed by atoms with Crippen LogP contribution in [0.1, 0.15) is 21.7 Å². The van der Waals surface area contributed by atoms with E-state index in [1.165, 1.54) is 0 Å². The Morgan fingerprint density at radius 2 is 1.89 bits per heavy atom. The van der Waals surface area contributed by atoms with Crippen molar-refractivity contribution in [3.8, 4) is 23.5 Å². The highest BCUT2D eigenvalue weighted by molar-refractivity contribution is 9.10. The number of nitrogens with zero attached hydrogens (tertiary/aromatic N) is 2. The van der Waals surface area contributed by atoms with Gasteiger partial charge in [0.25, 0.3) is 5.91 Å². The molecule has 0 saturated carbocycles. The molecule has 1 N–H and O–H groups in total. The first kappa shape index (κ1) is 17.2. The minimum absolute atomic E-state index is 0.176. The van der Waals surface area contributed by atoms with Crippen LogP contribution in [0.4, 0.5) is 5.69 Å². The zero-order valence-corrected chi connectivity index (χ0v) is 15.9. The highest BCUT2D eigenvalue weighted by atomic mass is 79.9. The molecular weight excluding hydrogens is 414 g/mol. The molecule has 2 aromatic heterocycles. The third-order valence-corrected chi connectivity index (χ3v) is 4.78. The van der Waals surface area contributed by atoms with E-state index in [1.807, 2.05) is 12.1 Å². The van der Waals surface area contributed by atoms with E-state index in [-0.39, 0.29) is 11.1 Å². The van der Waals surface area contributed by atoms with Crippen molar-refractivity contribution in [2.75, 3.05) is 18.5 Å². The van der Waals surface area contributed by atoms with Crippen molar-refractivity contribution >= 4 is 27.5 Å². The zero-order chi connectivity index (χ0) is 19.0. The summed E-state index contributed by atoms with van der Waals surface area (Å²) in [4.78, 5) is 12.9. The maximum Gasteiger partial charge on any atom is 0.260 e. The zero-order valence-electron chi connectivity index (χ0n) is 14.3. The molecule has 0 radical (unpaired) electrons. The number of carbonyl (C=O) groups is 1. The van der Waals surface area contributed by atoms with Gasteiger partial charge in [-0.15, -0.1) is 0 Å². The Bertz CT molecular complexity index is 1060. The van der Waals surface area contributed by atoms with Gasteiger partial charge in [0.05, 0.1) is 5.69 Å². The predicted molar refractivity (Wildman–Crippen MR) is 101 cm³/mol. The normalized spacial score (nSPS) is 12.5. The molecule has 136 valence electrons. The fourth-order valence-corrected chi connectivity index (χ4v) is 3.32. The van der Waals surface area contributed by atoms with Gasteiger partial charge in [-0.2, -0.15) is 5.26 Å². The van der Waals surface area contributed by atoms with Crippen molar-refractivity contribution < 1.29 is 18.7 Å². The second-order valence-electron chi connectivity index (χ2n) is 5.85. The number of nitrogens with one attached hydrogen (secondary N) is 1. The van der Waals surface area contributed by atoms with E-state index in [2.05, 4.69) is 27.3 Å². The van der Waals surface area contributed by atoms with Gasteiger partial charge in [0, 0.05) is 29.0 Å². The number of hydrogen-bond donors (Lipinski definition) is 1. The molecule has 1 aliphatic rings. The Balaban J connectivity index is 1.69. The van der Waals surface area contributed by atoms with Crippen LogP contribution in [0.3, 0.4) is 0 Å². The molecule has 0 unspecified atom stereocenters. The number of nitriles is 1. The monoisotopic (exact) mass is 427 g/mol. The molecule has 8 heteroatoms. The number of carbonyl (C=O) groups excluding carboxylic acids is 1. The third kappa shape index (κ3) is 3.06. The van der Waals surface area contributed by atoms with E-state index >= 15 is 0 Å². The van der Waals surface area contributed by atoms with Crippen molar-refractivity contribution in [3.05, 3.63) is 58.0 Å². The molecule has 4 rings (SSSR count). The van der Waals surface area contributed by atoms with Crippen LogP contribution in [-0.4, -0.2) is 23.7 Å². The van der Waals surface area contributed by atoms with Crippen molar-refractivity contribution in [2.45, 2.75) is 6.92 Å². The summed E-state index contributed by atoms with van der Waals surface area (Å²) in [6.45, 7) is 2.58. The lowest BCUT2D eigenvalue weighted by atomic mass is 10.1. The van der Waals surface area contributed by atoms with Crippen molar-refractivity contribution in [2.24, 2.45) is 0 Å². The van der Waals surface area contributed by atoms with E-state index in [0.717, 1.165) is 0 Å². The van der Waals surface area contributed by atoms with Crippen LogP contribution in [0.2, 0.25) is 0 Å². The summed E-state index contributed by atoms with van der Waals surface area (Å²) in [6, 6.07) is 9.12. The minimum atomic E-state index is -0.441. The number of amides is 1. The predicted octanol–water partition coefficient (Wildman–Crippen LogP) is 4.04. The molecule has 7 nitrogen and oxygen atoms in total. The van der Waals surface area contributed by atoms with Crippen LogP contribution in [0.15, 0.2) is 45.5 Å². The maximum atomic E-state index is 12.9. The van der Waals surface area contributed by atoms with Crippen LogP contribution < -0.4 is 14.8 Å². The average molecular weight is 428 g/mol. The Labute approximate surface area is 163 Å². The fourth-order valence-electron chi connectivity index (χ4n) is 2.90. The largest absolute Gasteiger partial charge is 0.486 e. The molecule has 0 spiro atoms. The number of aryl methyl sites for hydroxylation is 1. The Hall–Kier alpha value is -3.18. The average Bonchev–Trinajstić information content (AvgIpc) is 3.29. The van der Waals surface area contributed by atoms with Crippen molar-refractivity contribution in [1.82, 2.24) is 4.57 Å². The fraction of sp³-hybridized carbons (Fsp3) is 0.158. The molecular formula is C19H14BrN3O4. The number of halogens is 1. The Morgan fingerprint density at radius 1 is 1.22 bits per heavy atom. The number of aromatic nitrogens is 1. The van der Waals surface area contributed by atoms with E-state index in [0.29, 0.717) is 46.5 Å². The molecule has 1 aromatic carbocycles. The Morgan fingerprint density at radius 3 is 2.56 bits per heavy atom. The van der Waals surface area contributed by atoms with E-state index < -0.39 is 5.91 Å². The summed E-state index contributed by atoms with van der Waals surface area (Å²) in [5, 5.41) is 12.4. The first-order valence-electron chi connectivity index (χ1n) is 8.16. The van der Waals surface area contributed by atoms with Gasteiger partial charge in [0.15, 0.2) is 11.5 Å². The SMILES string of the molecule is Cc1oc(-n2cccc2)c(C#N)c1C(=O)Nc1cc2c(cc1Br)OCCO2. The van der Waals surface area contributed by atoms with Gasteiger partial charge < -0.3 is 19.2 Å². The maximum absolute atomic E-state index is 12.9. The summed E-state index contributed by atoms with van der Waals surface area (Å²) in [5.41, 5.74) is 0.883. The lowest BCUT2D eigenvalue weighted by Gasteiger charge is -2.20. The molecule has 0 atom stereocenters. The molecule has 3 aromatic rings. The first-order chi connectivity index (χ1) is 13.1. The van der Waals surface area contributed by atoms with Crippen LogP contribution in [-0.2, 0) is 0 Å². The summed E-state index contributed by atoms with van der Waals surface area (Å²) in [6.07, 6.45) is 3.50. The van der Waals surface area contributed by atoms with Crippen LogP contribution >= 0.6 is 15.9 Å². The minimum Gasteiger partial charge on any atom is -0.486 e. The molecule has 0 bridgehead atoms. The Kier molecular flexibility index (Phi) is 4.38. The first-order valence-corrected chi connectivity index (χ1v) is 8.95. The van der Waals surface area contributed by atoms with Gasteiger partial charge in [-0.3, -0.25) is 9.36 Å². The van der Waals surface area contributed by atoms with Crippen LogP contribution in [0, 0.1) is 18.3 Å². The second-order valence-corrected chi connectivity index (χ2v) is 6.70. The van der Waals surface area contributed by atoms with Gasteiger partial charge in [-0.25, -0.2) is 0 Å². The third-order valence-electron chi connectivity index (χ3n) is 4.12. The lowest BCUT2D eigenvalue weighted by Crippen LogP contribution is -2.17. The van der Waals surface area contributed by atoms with E-state index in [1.54, 1.807) is 36.0 Å². The number of benzene rings is 1. The smallest absolute Gasteiger partial charge is 0.260 e. The topological polar surface area (TPSA) is 89.4 Å². The second kappa shape index (κ2) is 6.85. The van der Waals surface area contributed by atoms with Gasteiger partial charge in [-0.05, 0) is 35.0 Å². The lowest BCUT2D eigenvalue weighted by molar-refractivity contribution is 0.102. The standard InChI is InChI=1S/C19H14BrN3O4/c1-11-17(12(10-21)19(27-11)23-4-2-3-5-23)18(24)22-14-9-16-15(8-13(14)20)25-6-7-26-16/h2-5,8-9H,6-7H2,1H3,(H,22,24). The van der Waals surface area contributed by atoms with Crippen molar-refractivity contribution in [1.29, 1.82) is 5.26 Å². The van der Waals surface area contributed by atoms with Crippen molar-refractivity contribution in [3.63, 3.8) is 0 Å². The highest BCUT2D eigenvalue weighted by Gasteiger charge is 2.25. The molecule has 27 heavy (non-hydrogen) atoms. The summed E-state index contributed by atoms with van der Waals surface area (Å²) < 4.78 is 19.1. The number of hydrogen-bond acceptors (Lipinski definition) is 5. The summed E-state index contributed by atoms with van der Waals surface area (Å²) in [5.74, 6) is 1.40. The molecule has 0 saturated heterocycles. The van der Waals surface area contributed by atoms with Crippen LogP contribution in [0.5, 0.6) is 11.5 Å². The number of furan rings is 1. The number of fused-ring (bicyclic) bond motifs is 1. The van der Waals surface area contributed by atoms with Gasteiger partial charge in [0.1, 0.15) is 36.2 Å². The highest BCUT2D eigenvalue weighted by Crippen LogP contribution is 2.38. The molecule has 0 fully saturated rings. The molecule has 1 aliphatic heterocycles. The summed E-state index contributed by atoms with van der Waals surface area (Å²) in [7, 11) is 0. The quantitative estimate of drug-likeness (QED) is 0.681. The van der Waals surface area contributed by atoms with E-state index in [4.69, 9.17) is 13.9 Å². The number of ether oxygens (including phenoxy) is 2. The molecule has 1 amide bonds. The molecule has 0 aliphatic carbocycles. The number of anilines is 1.